The minimum absolute atomic E-state index is 0.259. The van der Waals surface area contributed by atoms with Gasteiger partial charge in [0, 0.05) is 0 Å². The summed E-state index contributed by atoms with van der Waals surface area (Å²) >= 11 is 0. The maximum atomic E-state index is 9.35. The van der Waals surface area contributed by atoms with Gasteiger partial charge in [-0.25, -0.2) is 0 Å². The lowest BCUT2D eigenvalue weighted by Crippen LogP contribution is -2.20. The number of hydrogen-bond acceptors (Lipinski definition) is 1. The average Bonchev–Trinajstić information content (AvgIpc) is 1.94. The molecule has 1 aliphatic carbocycles. The summed E-state index contributed by atoms with van der Waals surface area (Å²) in [5.74, 6) is 0.561. The fourth-order valence-corrected chi connectivity index (χ4v) is 1.54. The third-order valence-electron chi connectivity index (χ3n) is 2.47. The van der Waals surface area contributed by atoms with Crippen molar-refractivity contribution in [1.29, 1.82) is 0 Å². The van der Waals surface area contributed by atoms with Crippen molar-refractivity contribution in [2.75, 3.05) is 0 Å². The maximum absolute atomic E-state index is 9.35. The first kappa shape index (κ1) is 8.54. The zero-order valence-corrected chi connectivity index (χ0v) is 7.14. The molecular weight excluding hydrogens is 136 g/mol. The summed E-state index contributed by atoms with van der Waals surface area (Å²) in [5, 5.41) is 9.35. The van der Waals surface area contributed by atoms with Crippen LogP contribution in [0.2, 0.25) is 0 Å². The van der Waals surface area contributed by atoms with Gasteiger partial charge in [0.05, 0.1) is 6.10 Å². The topological polar surface area (TPSA) is 20.2 Å². The zero-order chi connectivity index (χ0) is 8.43. The molecule has 1 heteroatoms. The van der Waals surface area contributed by atoms with Crippen molar-refractivity contribution in [3.8, 4) is 0 Å². The third kappa shape index (κ3) is 1.93. The van der Waals surface area contributed by atoms with Crippen LogP contribution in [0.4, 0.5) is 0 Å². The van der Waals surface area contributed by atoms with Crippen LogP contribution in [0.15, 0.2) is 24.3 Å². The third-order valence-corrected chi connectivity index (χ3v) is 2.47. The van der Waals surface area contributed by atoms with Gasteiger partial charge in [0.2, 0.25) is 0 Å². The van der Waals surface area contributed by atoms with Gasteiger partial charge in [-0.1, -0.05) is 18.7 Å². The number of rotatable bonds is 1. The molecule has 1 aliphatic rings. The van der Waals surface area contributed by atoms with Crippen LogP contribution in [0.5, 0.6) is 0 Å². The minimum atomic E-state index is -0.259. The normalized spacial score (nSPS) is 32.0. The number of allylic oxidation sites excluding steroid dienone is 1. The van der Waals surface area contributed by atoms with Crippen LogP contribution in [0, 0.1) is 5.92 Å². The van der Waals surface area contributed by atoms with E-state index >= 15 is 0 Å². The monoisotopic (exact) mass is 152 g/mol. The second kappa shape index (κ2) is 3.22. The van der Waals surface area contributed by atoms with E-state index in [1.165, 1.54) is 5.57 Å². The van der Waals surface area contributed by atoms with Gasteiger partial charge < -0.3 is 5.11 Å². The predicted octanol–water partition coefficient (Wildman–Crippen LogP) is 2.28. The van der Waals surface area contributed by atoms with Gasteiger partial charge in [-0.3, -0.25) is 0 Å². The number of aliphatic hydroxyl groups is 1. The fourth-order valence-electron chi connectivity index (χ4n) is 1.54. The Balaban J connectivity index is 2.53. The summed E-state index contributed by atoms with van der Waals surface area (Å²) in [7, 11) is 0. The van der Waals surface area contributed by atoms with Crippen molar-refractivity contribution in [2.45, 2.75) is 32.3 Å². The molecule has 1 fully saturated rings. The molecule has 1 saturated carbocycles. The van der Waals surface area contributed by atoms with Crippen LogP contribution in [0.1, 0.15) is 26.2 Å². The lowest BCUT2D eigenvalue weighted by Gasteiger charge is -2.27. The smallest absolute Gasteiger partial charge is 0.0747 e. The lowest BCUT2D eigenvalue weighted by molar-refractivity contribution is 0.166. The summed E-state index contributed by atoms with van der Waals surface area (Å²) < 4.78 is 0. The molecule has 0 aliphatic heterocycles. The highest BCUT2D eigenvalue weighted by Crippen LogP contribution is 2.31. The van der Waals surface area contributed by atoms with Gasteiger partial charge in [-0.2, -0.15) is 0 Å². The lowest BCUT2D eigenvalue weighted by atomic mass is 9.81. The van der Waals surface area contributed by atoms with E-state index in [1.807, 2.05) is 0 Å². The van der Waals surface area contributed by atoms with E-state index in [-0.39, 0.29) is 6.10 Å². The molecule has 0 bridgehead atoms. The molecule has 0 radical (unpaired) electrons. The van der Waals surface area contributed by atoms with Gasteiger partial charge in [0.1, 0.15) is 0 Å². The van der Waals surface area contributed by atoms with E-state index in [2.05, 4.69) is 20.1 Å². The molecule has 1 N–H and O–H groups in total. The summed E-state index contributed by atoms with van der Waals surface area (Å²) in [6.45, 7) is 9.80. The van der Waals surface area contributed by atoms with Crippen molar-refractivity contribution in [2.24, 2.45) is 5.92 Å². The standard InChI is InChI=1S/C10H16O/c1-7(2)9-4-5-10(11)8(3)6-9/h9-11H,1,3-6H2,2H3/t9-,10?/m1/s1. The number of hydrogen-bond donors (Lipinski definition) is 1. The number of aliphatic hydroxyl groups excluding tert-OH is 1. The molecule has 62 valence electrons. The Labute approximate surface area is 68.4 Å². The van der Waals surface area contributed by atoms with Gasteiger partial charge >= 0.3 is 0 Å². The fraction of sp³-hybridized carbons (Fsp3) is 0.600. The molecule has 1 rings (SSSR count). The van der Waals surface area contributed by atoms with Crippen LogP contribution in [-0.2, 0) is 0 Å². The second-order valence-corrected chi connectivity index (χ2v) is 3.50. The Morgan fingerprint density at radius 3 is 2.64 bits per heavy atom. The second-order valence-electron chi connectivity index (χ2n) is 3.50. The molecular formula is C10H16O. The molecule has 0 heterocycles. The SMILES string of the molecule is C=C1C[C@H](C(=C)C)CCC1O. The quantitative estimate of drug-likeness (QED) is 0.571. The highest BCUT2D eigenvalue weighted by Gasteiger charge is 2.22. The van der Waals surface area contributed by atoms with Crippen molar-refractivity contribution >= 4 is 0 Å². The molecule has 0 aromatic heterocycles. The first-order chi connectivity index (χ1) is 5.11. The van der Waals surface area contributed by atoms with Crippen molar-refractivity contribution in [3.63, 3.8) is 0 Å². The van der Waals surface area contributed by atoms with Crippen molar-refractivity contribution < 1.29 is 5.11 Å². The summed E-state index contributed by atoms with van der Waals surface area (Å²) in [5.41, 5.74) is 2.20. The van der Waals surface area contributed by atoms with Gasteiger partial charge in [-0.05, 0) is 37.7 Å². The highest BCUT2D eigenvalue weighted by atomic mass is 16.3. The molecule has 1 unspecified atom stereocenters. The molecule has 0 amide bonds. The van der Waals surface area contributed by atoms with Gasteiger partial charge in [0.15, 0.2) is 0 Å². The van der Waals surface area contributed by atoms with Crippen LogP contribution >= 0.6 is 0 Å². The summed E-state index contributed by atoms with van der Waals surface area (Å²) in [6, 6.07) is 0. The molecule has 11 heavy (non-hydrogen) atoms. The zero-order valence-electron chi connectivity index (χ0n) is 7.14. The van der Waals surface area contributed by atoms with E-state index in [4.69, 9.17) is 0 Å². The van der Waals surface area contributed by atoms with Crippen molar-refractivity contribution in [1.82, 2.24) is 0 Å². The van der Waals surface area contributed by atoms with Gasteiger partial charge in [0.25, 0.3) is 0 Å². The molecule has 2 atom stereocenters. The van der Waals surface area contributed by atoms with E-state index in [1.54, 1.807) is 0 Å². The Kier molecular flexibility index (Phi) is 2.50. The molecule has 0 aromatic carbocycles. The Hall–Kier alpha value is -0.560. The Bertz CT molecular complexity index is 181. The molecule has 0 saturated heterocycles. The molecule has 0 spiro atoms. The molecule has 0 aromatic rings. The Morgan fingerprint density at radius 2 is 2.18 bits per heavy atom. The van der Waals surface area contributed by atoms with Crippen LogP contribution < -0.4 is 0 Å². The van der Waals surface area contributed by atoms with Crippen LogP contribution in [-0.4, -0.2) is 11.2 Å². The van der Waals surface area contributed by atoms with E-state index in [0.717, 1.165) is 24.8 Å². The average molecular weight is 152 g/mol. The summed E-state index contributed by atoms with van der Waals surface area (Å²) in [4.78, 5) is 0. The van der Waals surface area contributed by atoms with Gasteiger partial charge in [-0.15, -0.1) is 0 Å². The van der Waals surface area contributed by atoms with Crippen LogP contribution in [0.25, 0.3) is 0 Å². The highest BCUT2D eigenvalue weighted by molar-refractivity contribution is 5.12. The minimum Gasteiger partial charge on any atom is -0.389 e. The maximum Gasteiger partial charge on any atom is 0.0747 e. The first-order valence-corrected chi connectivity index (χ1v) is 4.12. The predicted molar refractivity (Wildman–Crippen MR) is 47.3 cm³/mol. The first-order valence-electron chi connectivity index (χ1n) is 4.12. The van der Waals surface area contributed by atoms with E-state index in [9.17, 15) is 5.11 Å². The largest absolute Gasteiger partial charge is 0.389 e. The van der Waals surface area contributed by atoms with Crippen molar-refractivity contribution in [3.05, 3.63) is 24.3 Å². The Morgan fingerprint density at radius 1 is 1.55 bits per heavy atom. The van der Waals surface area contributed by atoms with E-state index in [0.29, 0.717) is 5.92 Å². The molecule has 1 nitrogen and oxygen atoms in total. The van der Waals surface area contributed by atoms with E-state index < -0.39 is 0 Å². The summed E-state index contributed by atoms with van der Waals surface area (Å²) in [6.07, 6.45) is 2.59. The van der Waals surface area contributed by atoms with Crippen LogP contribution in [0.3, 0.4) is 0 Å².